The molecule has 2 aromatic carbocycles. The van der Waals surface area contributed by atoms with Crippen LogP contribution in [0.25, 0.3) is 0 Å². The number of halogens is 3. The molecule has 29 heavy (non-hydrogen) atoms. The Morgan fingerprint density at radius 1 is 1.03 bits per heavy atom. The number of amides is 1. The average molecular weight is 440 g/mol. The molecule has 0 unspecified atom stereocenters. The normalized spacial score (nSPS) is 20.9. The van der Waals surface area contributed by atoms with Gasteiger partial charge in [-0.15, -0.1) is 24.8 Å². The summed E-state index contributed by atoms with van der Waals surface area (Å²) in [4.78, 5) is 16.8. The molecule has 2 aliphatic heterocycles. The van der Waals surface area contributed by atoms with Gasteiger partial charge in [-0.3, -0.25) is 4.79 Å². The van der Waals surface area contributed by atoms with E-state index in [0.29, 0.717) is 30.9 Å². The van der Waals surface area contributed by atoms with Crippen molar-refractivity contribution in [1.29, 1.82) is 0 Å². The number of hydrogen-bond acceptors (Lipinski definition) is 3. The van der Waals surface area contributed by atoms with E-state index in [0.717, 1.165) is 25.9 Å². The van der Waals surface area contributed by atoms with Gasteiger partial charge < -0.3 is 15.5 Å². The van der Waals surface area contributed by atoms with E-state index < -0.39 is 0 Å². The molecule has 4 nitrogen and oxygen atoms in total. The Balaban J connectivity index is 0.00000150. The molecule has 7 heteroatoms. The molecular weight excluding hydrogens is 412 g/mol. The lowest BCUT2D eigenvalue weighted by Crippen LogP contribution is -2.30. The van der Waals surface area contributed by atoms with Crippen LogP contribution in [0.3, 0.4) is 0 Å². The first-order valence-electron chi connectivity index (χ1n) is 9.76. The fraction of sp³-hybridized carbons (Fsp3) is 0.409. The molecule has 1 amide bonds. The zero-order valence-electron chi connectivity index (χ0n) is 16.3. The maximum absolute atomic E-state index is 14.6. The van der Waals surface area contributed by atoms with Gasteiger partial charge in [0.1, 0.15) is 5.82 Å². The van der Waals surface area contributed by atoms with Crippen LogP contribution in [-0.4, -0.2) is 43.5 Å². The van der Waals surface area contributed by atoms with Crippen molar-refractivity contribution in [2.45, 2.75) is 18.8 Å². The molecule has 4 rings (SSSR count). The van der Waals surface area contributed by atoms with Gasteiger partial charge in [0, 0.05) is 37.7 Å². The predicted octanol–water partition coefficient (Wildman–Crippen LogP) is 4.08. The highest BCUT2D eigenvalue weighted by Crippen LogP contribution is 2.33. The van der Waals surface area contributed by atoms with Crippen molar-refractivity contribution in [1.82, 2.24) is 4.90 Å². The maximum atomic E-state index is 14.6. The van der Waals surface area contributed by atoms with E-state index >= 15 is 0 Å². The summed E-state index contributed by atoms with van der Waals surface area (Å²) in [6.07, 6.45) is 2.19. The van der Waals surface area contributed by atoms with Gasteiger partial charge in [0.05, 0.1) is 5.69 Å². The summed E-state index contributed by atoms with van der Waals surface area (Å²) in [6, 6.07) is 15.1. The van der Waals surface area contributed by atoms with E-state index in [2.05, 4.69) is 17.0 Å². The molecule has 2 atom stereocenters. The van der Waals surface area contributed by atoms with E-state index in [1.807, 2.05) is 23.1 Å². The standard InChI is InChI=1S/C22H26FN3O.2ClH/c23-20-12-17(8-9-21(20)25-10-4-5-11-25)22(27)26-14-18(13-24)19(15-26)16-6-2-1-3-7-16;;/h1-3,6-9,12,18-19H,4-5,10-11,13-15,24H2;2*1H/t18-,19+;;/m1../s1. The first-order chi connectivity index (χ1) is 13.2. The Bertz CT molecular complexity index is 815. The number of anilines is 1. The zero-order valence-corrected chi connectivity index (χ0v) is 17.9. The highest BCUT2D eigenvalue weighted by atomic mass is 35.5. The molecule has 2 saturated heterocycles. The molecule has 0 saturated carbocycles. The number of nitrogens with zero attached hydrogens (tertiary/aromatic N) is 2. The van der Waals surface area contributed by atoms with E-state index in [1.165, 1.54) is 11.6 Å². The van der Waals surface area contributed by atoms with Crippen molar-refractivity contribution in [3.8, 4) is 0 Å². The van der Waals surface area contributed by atoms with Crippen LogP contribution in [0.5, 0.6) is 0 Å². The molecule has 0 aromatic heterocycles. The van der Waals surface area contributed by atoms with Crippen molar-refractivity contribution in [3.63, 3.8) is 0 Å². The number of rotatable bonds is 4. The van der Waals surface area contributed by atoms with Crippen molar-refractivity contribution < 1.29 is 9.18 Å². The second-order valence-electron chi connectivity index (χ2n) is 7.58. The fourth-order valence-corrected chi connectivity index (χ4v) is 4.39. The quantitative estimate of drug-likeness (QED) is 0.780. The predicted molar refractivity (Wildman–Crippen MR) is 120 cm³/mol. The van der Waals surface area contributed by atoms with Gasteiger partial charge in [-0.05, 0) is 49.1 Å². The minimum absolute atomic E-state index is 0. The lowest BCUT2D eigenvalue weighted by Gasteiger charge is -2.20. The maximum Gasteiger partial charge on any atom is 0.253 e. The molecule has 0 spiro atoms. The Morgan fingerprint density at radius 3 is 2.34 bits per heavy atom. The molecule has 2 aliphatic rings. The number of carbonyl (C=O) groups is 1. The Labute approximate surface area is 184 Å². The first-order valence-corrected chi connectivity index (χ1v) is 9.76. The Morgan fingerprint density at radius 2 is 1.72 bits per heavy atom. The van der Waals surface area contributed by atoms with Crippen LogP contribution in [0.4, 0.5) is 10.1 Å². The third-order valence-corrected chi connectivity index (χ3v) is 5.90. The molecular formula is C22H28Cl2FN3O. The van der Waals surface area contributed by atoms with Crippen LogP contribution in [0.15, 0.2) is 48.5 Å². The van der Waals surface area contributed by atoms with Gasteiger partial charge >= 0.3 is 0 Å². The number of hydrogen-bond donors (Lipinski definition) is 1. The van der Waals surface area contributed by atoms with Gasteiger partial charge in [0.15, 0.2) is 0 Å². The molecule has 0 aliphatic carbocycles. The zero-order chi connectivity index (χ0) is 18.8. The molecule has 2 N–H and O–H groups in total. The second-order valence-corrected chi connectivity index (χ2v) is 7.58. The Kier molecular flexibility index (Phi) is 8.32. The third kappa shape index (κ3) is 4.85. The molecule has 158 valence electrons. The Hall–Kier alpha value is -1.82. The molecule has 0 radical (unpaired) electrons. The van der Waals surface area contributed by atoms with Crippen LogP contribution < -0.4 is 10.6 Å². The van der Waals surface area contributed by atoms with Gasteiger partial charge in [0.25, 0.3) is 5.91 Å². The van der Waals surface area contributed by atoms with Crippen LogP contribution in [0, 0.1) is 11.7 Å². The molecule has 2 fully saturated rings. The van der Waals surface area contributed by atoms with Crippen molar-refractivity contribution >= 4 is 36.4 Å². The molecule has 2 heterocycles. The number of nitrogens with two attached hydrogens (primary N) is 1. The van der Waals surface area contributed by atoms with Crippen LogP contribution in [0.1, 0.15) is 34.7 Å². The molecule has 2 aromatic rings. The average Bonchev–Trinajstić information content (AvgIpc) is 3.38. The lowest BCUT2D eigenvalue weighted by molar-refractivity contribution is 0.0786. The van der Waals surface area contributed by atoms with Crippen LogP contribution >= 0.6 is 24.8 Å². The summed E-state index contributed by atoms with van der Waals surface area (Å²) in [5.74, 6) is 0.0367. The van der Waals surface area contributed by atoms with Gasteiger partial charge in [0.2, 0.25) is 0 Å². The summed E-state index contributed by atoms with van der Waals surface area (Å²) in [5, 5.41) is 0. The SMILES string of the molecule is Cl.Cl.NC[C@@H]1CN(C(=O)c2ccc(N3CCCC3)c(F)c2)C[C@H]1c1ccccc1. The number of benzene rings is 2. The minimum Gasteiger partial charge on any atom is -0.369 e. The van der Waals surface area contributed by atoms with Gasteiger partial charge in [-0.25, -0.2) is 4.39 Å². The van der Waals surface area contributed by atoms with Crippen LogP contribution in [0.2, 0.25) is 0 Å². The summed E-state index contributed by atoms with van der Waals surface area (Å²) >= 11 is 0. The number of carbonyl (C=O) groups excluding carboxylic acids is 1. The smallest absolute Gasteiger partial charge is 0.253 e. The van der Waals surface area contributed by atoms with Gasteiger partial charge in [-0.1, -0.05) is 30.3 Å². The van der Waals surface area contributed by atoms with E-state index in [-0.39, 0.29) is 48.4 Å². The van der Waals surface area contributed by atoms with Crippen molar-refractivity contribution in [3.05, 3.63) is 65.5 Å². The van der Waals surface area contributed by atoms with Gasteiger partial charge in [-0.2, -0.15) is 0 Å². The van der Waals surface area contributed by atoms with E-state index in [4.69, 9.17) is 5.73 Å². The second kappa shape index (κ2) is 10.3. The number of likely N-dealkylation sites (tertiary alicyclic amines) is 1. The third-order valence-electron chi connectivity index (χ3n) is 5.90. The molecule has 0 bridgehead atoms. The summed E-state index contributed by atoms with van der Waals surface area (Å²) in [7, 11) is 0. The summed E-state index contributed by atoms with van der Waals surface area (Å²) < 4.78 is 14.6. The van der Waals surface area contributed by atoms with Crippen molar-refractivity contribution in [2.24, 2.45) is 11.7 Å². The highest BCUT2D eigenvalue weighted by molar-refractivity contribution is 5.95. The fourth-order valence-electron chi connectivity index (χ4n) is 4.39. The first kappa shape index (κ1) is 23.5. The van der Waals surface area contributed by atoms with E-state index in [9.17, 15) is 9.18 Å². The monoisotopic (exact) mass is 439 g/mol. The lowest BCUT2D eigenvalue weighted by atomic mass is 9.89. The summed E-state index contributed by atoms with van der Waals surface area (Å²) in [5.41, 5.74) is 8.20. The minimum atomic E-state index is -0.308. The largest absolute Gasteiger partial charge is 0.369 e. The van der Waals surface area contributed by atoms with Crippen molar-refractivity contribution in [2.75, 3.05) is 37.6 Å². The van der Waals surface area contributed by atoms with Crippen LogP contribution in [-0.2, 0) is 0 Å². The van der Waals surface area contributed by atoms with E-state index in [1.54, 1.807) is 12.1 Å². The topological polar surface area (TPSA) is 49.6 Å². The highest BCUT2D eigenvalue weighted by Gasteiger charge is 2.35. The summed E-state index contributed by atoms with van der Waals surface area (Å²) in [6.45, 7) is 3.54.